The molecule has 6 heteroatoms. The van der Waals surface area contributed by atoms with Crippen LogP contribution in [0.15, 0.2) is 134 Å². The van der Waals surface area contributed by atoms with Crippen molar-refractivity contribution < 1.29 is 28.6 Å². The van der Waals surface area contributed by atoms with Gasteiger partial charge in [-0.25, -0.2) is 0 Å². The van der Waals surface area contributed by atoms with E-state index in [1.165, 1.54) is 128 Å². The van der Waals surface area contributed by atoms with Gasteiger partial charge in [0.2, 0.25) is 0 Å². The molecule has 1 unspecified atom stereocenters. The Labute approximate surface area is 500 Å². The minimum atomic E-state index is -0.800. The number of hydrogen-bond acceptors (Lipinski definition) is 6. The fourth-order valence-electron chi connectivity index (χ4n) is 9.14. The van der Waals surface area contributed by atoms with Crippen molar-refractivity contribution in [3.8, 4) is 0 Å². The number of ether oxygens (including phenoxy) is 3. The lowest BCUT2D eigenvalue weighted by molar-refractivity contribution is -0.167. The number of rotatable bonds is 60. The van der Waals surface area contributed by atoms with E-state index in [2.05, 4.69) is 154 Å². The van der Waals surface area contributed by atoms with Crippen LogP contribution in [-0.2, 0) is 28.6 Å². The molecule has 0 saturated heterocycles. The number of unbranched alkanes of at least 4 members (excludes halogenated alkanes) is 27. The zero-order valence-corrected chi connectivity index (χ0v) is 52.8. The first-order valence-electron chi connectivity index (χ1n) is 33.7. The molecule has 0 bridgehead atoms. The van der Waals surface area contributed by atoms with Crippen LogP contribution in [0.1, 0.15) is 303 Å². The van der Waals surface area contributed by atoms with E-state index in [1.54, 1.807) is 0 Å². The summed E-state index contributed by atoms with van der Waals surface area (Å²) in [6.07, 6.45) is 96.0. The Kier molecular flexibility index (Phi) is 64.3. The molecular formula is C75H124O6. The molecule has 0 rings (SSSR count). The molecule has 0 amide bonds. The van der Waals surface area contributed by atoms with Crippen molar-refractivity contribution in [3.05, 3.63) is 134 Å². The largest absolute Gasteiger partial charge is 0.462 e. The summed E-state index contributed by atoms with van der Waals surface area (Å²) in [6.45, 7) is 6.40. The molecule has 0 N–H and O–H groups in total. The van der Waals surface area contributed by atoms with Gasteiger partial charge < -0.3 is 14.2 Å². The predicted octanol–water partition coefficient (Wildman–Crippen LogP) is 23.3. The molecule has 0 spiro atoms. The molecule has 6 nitrogen and oxygen atoms in total. The lowest BCUT2D eigenvalue weighted by Gasteiger charge is -2.18. The Bertz CT molecular complexity index is 1720. The van der Waals surface area contributed by atoms with Gasteiger partial charge in [-0.3, -0.25) is 14.4 Å². The highest BCUT2D eigenvalue weighted by atomic mass is 16.6. The predicted molar refractivity (Wildman–Crippen MR) is 353 cm³/mol. The number of allylic oxidation sites excluding steroid dienone is 22. The van der Waals surface area contributed by atoms with Crippen molar-refractivity contribution in [2.75, 3.05) is 13.2 Å². The SMILES string of the molecule is CC/C=C\C/C=C\C/C=C\C/C=C\C/C=C\C/C=C\CCCCCCCCCCCCC(=O)OCC(COC(=O)CCCCCCCCC/C=C\CCCCCCCC)OC(=O)CCCCCC/C=C\C/C=C\C/C=C\C/C=C\CC. The topological polar surface area (TPSA) is 78.9 Å². The van der Waals surface area contributed by atoms with E-state index in [-0.39, 0.29) is 31.1 Å². The molecule has 0 aliphatic rings. The average molecular weight is 1120 g/mol. The van der Waals surface area contributed by atoms with Crippen LogP contribution in [0, 0.1) is 0 Å². The van der Waals surface area contributed by atoms with Gasteiger partial charge in [-0.2, -0.15) is 0 Å². The Hall–Kier alpha value is -4.45. The molecular weight excluding hydrogens is 997 g/mol. The van der Waals surface area contributed by atoms with E-state index in [9.17, 15) is 14.4 Å². The van der Waals surface area contributed by atoms with Crippen molar-refractivity contribution in [1.82, 2.24) is 0 Å². The number of carbonyl (C=O) groups is 3. The molecule has 0 saturated carbocycles. The third-order valence-electron chi connectivity index (χ3n) is 14.1. The fourth-order valence-corrected chi connectivity index (χ4v) is 9.14. The van der Waals surface area contributed by atoms with Crippen LogP contribution < -0.4 is 0 Å². The standard InChI is InChI=1S/C75H124O6/c1-4-7-10-13-16-19-22-25-28-31-32-33-34-35-36-37-38-39-40-41-42-45-47-50-53-56-59-62-65-68-74(77)80-71-72(81-75(78)69-66-63-60-57-54-51-48-44-30-27-24-21-18-15-12-9-6-3)70-79-73(76)67-64-61-58-55-52-49-46-43-29-26-23-20-17-14-11-8-5-2/h7,9-10,12,16,18-19,21,25-30,32-33,35-36,38-39,48,51,72H,4-6,8,11,13-15,17,20,22-24,31,34,37,40-47,49-50,52-71H2,1-3H3/b10-7-,12-9-,19-16-,21-18-,28-25-,29-26-,30-27-,33-32-,36-35-,39-38-,51-48-. The number of hydrogen-bond donors (Lipinski definition) is 0. The highest BCUT2D eigenvalue weighted by molar-refractivity contribution is 5.71. The zero-order valence-electron chi connectivity index (χ0n) is 52.8. The monoisotopic (exact) mass is 1120 g/mol. The van der Waals surface area contributed by atoms with E-state index in [4.69, 9.17) is 14.2 Å². The summed E-state index contributed by atoms with van der Waals surface area (Å²) >= 11 is 0. The Morgan fingerprint density at radius 3 is 0.765 bits per heavy atom. The summed E-state index contributed by atoms with van der Waals surface area (Å²) in [5.41, 5.74) is 0. The summed E-state index contributed by atoms with van der Waals surface area (Å²) in [4.78, 5) is 38.4. The van der Waals surface area contributed by atoms with Gasteiger partial charge in [-0.05, 0) is 135 Å². The van der Waals surface area contributed by atoms with E-state index in [0.29, 0.717) is 19.3 Å². The molecule has 0 radical (unpaired) electrons. The molecule has 0 aliphatic carbocycles. The van der Waals surface area contributed by atoms with Gasteiger partial charge >= 0.3 is 17.9 Å². The molecule has 0 fully saturated rings. The van der Waals surface area contributed by atoms with E-state index in [0.717, 1.165) is 135 Å². The zero-order chi connectivity index (χ0) is 58.5. The molecule has 0 aromatic heterocycles. The van der Waals surface area contributed by atoms with Crippen LogP contribution >= 0.6 is 0 Å². The van der Waals surface area contributed by atoms with Crippen molar-refractivity contribution in [3.63, 3.8) is 0 Å². The maximum Gasteiger partial charge on any atom is 0.306 e. The first kappa shape index (κ1) is 76.5. The average Bonchev–Trinajstić information content (AvgIpc) is 3.47. The molecule has 0 aromatic carbocycles. The lowest BCUT2D eigenvalue weighted by Crippen LogP contribution is -2.30. The highest BCUT2D eigenvalue weighted by Gasteiger charge is 2.19. The van der Waals surface area contributed by atoms with Crippen LogP contribution in [0.25, 0.3) is 0 Å². The molecule has 81 heavy (non-hydrogen) atoms. The Morgan fingerprint density at radius 2 is 0.481 bits per heavy atom. The van der Waals surface area contributed by atoms with Crippen molar-refractivity contribution >= 4 is 17.9 Å². The third kappa shape index (κ3) is 66.2. The Morgan fingerprint density at radius 1 is 0.259 bits per heavy atom. The summed E-state index contributed by atoms with van der Waals surface area (Å²) in [6, 6.07) is 0. The number of carbonyl (C=O) groups excluding carboxylic acids is 3. The number of esters is 3. The van der Waals surface area contributed by atoms with E-state index < -0.39 is 6.10 Å². The fraction of sp³-hybridized carbons (Fsp3) is 0.667. The van der Waals surface area contributed by atoms with Crippen molar-refractivity contribution in [2.24, 2.45) is 0 Å². The van der Waals surface area contributed by atoms with Gasteiger partial charge in [0.1, 0.15) is 13.2 Å². The molecule has 0 heterocycles. The quantitative estimate of drug-likeness (QED) is 0.0261. The van der Waals surface area contributed by atoms with Gasteiger partial charge in [0.15, 0.2) is 6.10 Å². The van der Waals surface area contributed by atoms with Gasteiger partial charge in [-0.15, -0.1) is 0 Å². The first-order valence-corrected chi connectivity index (χ1v) is 33.7. The molecule has 0 aromatic rings. The molecule has 1 atom stereocenters. The summed E-state index contributed by atoms with van der Waals surface area (Å²) in [5.74, 6) is -0.920. The molecule has 0 aliphatic heterocycles. The Balaban J connectivity index is 4.37. The highest BCUT2D eigenvalue weighted by Crippen LogP contribution is 2.16. The van der Waals surface area contributed by atoms with E-state index in [1.807, 2.05) is 0 Å². The minimum Gasteiger partial charge on any atom is -0.462 e. The van der Waals surface area contributed by atoms with Gasteiger partial charge in [0.05, 0.1) is 0 Å². The smallest absolute Gasteiger partial charge is 0.306 e. The van der Waals surface area contributed by atoms with Crippen molar-refractivity contribution in [1.29, 1.82) is 0 Å². The minimum absolute atomic E-state index is 0.0936. The van der Waals surface area contributed by atoms with Gasteiger partial charge in [0, 0.05) is 19.3 Å². The summed E-state index contributed by atoms with van der Waals surface area (Å²) in [5, 5.41) is 0. The maximum absolute atomic E-state index is 12.9. The maximum atomic E-state index is 12.9. The van der Waals surface area contributed by atoms with E-state index >= 15 is 0 Å². The second-order valence-electron chi connectivity index (χ2n) is 22.0. The van der Waals surface area contributed by atoms with Crippen LogP contribution in [0.2, 0.25) is 0 Å². The third-order valence-corrected chi connectivity index (χ3v) is 14.1. The lowest BCUT2D eigenvalue weighted by atomic mass is 10.1. The second kappa shape index (κ2) is 68.1. The van der Waals surface area contributed by atoms with Crippen LogP contribution in [0.4, 0.5) is 0 Å². The normalized spacial score (nSPS) is 13.0. The van der Waals surface area contributed by atoms with Gasteiger partial charge in [-0.1, -0.05) is 283 Å². The second-order valence-corrected chi connectivity index (χ2v) is 22.0. The summed E-state index contributed by atoms with van der Waals surface area (Å²) < 4.78 is 16.9. The van der Waals surface area contributed by atoms with Crippen LogP contribution in [-0.4, -0.2) is 37.2 Å². The van der Waals surface area contributed by atoms with Gasteiger partial charge in [0.25, 0.3) is 0 Å². The summed E-state index contributed by atoms with van der Waals surface area (Å²) in [7, 11) is 0. The van der Waals surface area contributed by atoms with Crippen LogP contribution in [0.3, 0.4) is 0 Å². The van der Waals surface area contributed by atoms with Crippen LogP contribution in [0.5, 0.6) is 0 Å². The first-order chi connectivity index (χ1) is 40.0. The van der Waals surface area contributed by atoms with Crippen molar-refractivity contribution in [2.45, 2.75) is 309 Å². The molecule has 460 valence electrons.